The Balaban J connectivity index is 1.73. The van der Waals surface area contributed by atoms with E-state index < -0.39 is 0 Å². The number of nitrogens with two attached hydrogens (primary N) is 1. The molecule has 3 rings (SSSR count). The molecule has 4 N–H and O–H groups in total. The SMILES string of the molecule is CCCCOc1ccc(Nc2ncnc(Nc3cccc(C)c3C)c2N)cc1. The van der Waals surface area contributed by atoms with E-state index in [0.717, 1.165) is 42.1 Å². The number of nitrogen functional groups attached to an aromatic ring is 1. The number of aryl methyl sites for hydroxylation is 1. The van der Waals surface area contributed by atoms with Gasteiger partial charge in [-0.3, -0.25) is 0 Å². The van der Waals surface area contributed by atoms with Gasteiger partial charge in [0.15, 0.2) is 11.6 Å². The third kappa shape index (κ3) is 4.71. The minimum atomic E-state index is 0.465. The lowest BCUT2D eigenvalue weighted by Crippen LogP contribution is -2.06. The molecule has 0 spiro atoms. The van der Waals surface area contributed by atoms with E-state index in [-0.39, 0.29) is 0 Å². The summed E-state index contributed by atoms with van der Waals surface area (Å²) in [6.45, 7) is 7.02. The Hall–Kier alpha value is -3.28. The third-order valence-electron chi connectivity index (χ3n) is 4.63. The molecule has 0 bridgehead atoms. The summed E-state index contributed by atoms with van der Waals surface area (Å²) in [5.41, 5.74) is 11.0. The summed E-state index contributed by atoms with van der Waals surface area (Å²) < 4.78 is 5.69. The van der Waals surface area contributed by atoms with Crippen LogP contribution >= 0.6 is 0 Å². The second-order valence-electron chi connectivity index (χ2n) is 6.71. The molecule has 28 heavy (non-hydrogen) atoms. The summed E-state index contributed by atoms with van der Waals surface area (Å²) >= 11 is 0. The number of benzene rings is 2. The Morgan fingerprint density at radius 2 is 1.68 bits per heavy atom. The van der Waals surface area contributed by atoms with Crippen LogP contribution in [0.25, 0.3) is 0 Å². The molecule has 0 radical (unpaired) electrons. The first-order valence-electron chi connectivity index (χ1n) is 9.52. The first-order valence-corrected chi connectivity index (χ1v) is 9.52. The fourth-order valence-electron chi connectivity index (χ4n) is 2.71. The van der Waals surface area contributed by atoms with E-state index in [2.05, 4.69) is 47.4 Å². The molecule has 2 aromatic carbocycles. The number of hydrogen-bond donors (Lipinski definition) is 3. The number of rotatable bonds is 8. The lowest BCUT2D eigenvalue weighted by molar-refractivity contribution is 0.309. The monoisotopic (exact) mass is 377 g/mol. The summed E-state index contributed by atoms with van der Waals surface area (Å²) in [4.78, 5) is 8.58. The van der Waals surface area contributed by atoms with Crippen LogP contribution < -0.4 is 21.1 Å². The summed E-state index contributed by atoms with van der Waals surface area (Å²) in [6, 6.07) is 13.8. The van der Waals surface area contributed by atoms with Crippen LogP contribution in [0.3, 0.4) is 0 Å². The Kier molecular flexibility index (Phi) is 6.32. The van der Waals surface area contributed by atoms with Crippen molar-refractivity contribution in [2.24, 2.45) is 0 Å². The van der Waals surface area contributed by atoms with Crippen molar-refractivity contribution >= 4 is 28.7 Å². The van der Waals surface area contributed by atoms with Gasteiger partial charge in [-0.05, 0) is 61.7 Å². The van der Waals surface area contributed by atoms with Crippen molar-refractivity contribution in [3.63, 3.8) is 0 Å². The molecular formula is C22H27N5O. The quantitative estimate of drug-likeness (QED) is 0.459. The van der Waals surface area contributed by atoms with Gasteiger partial charge < -0.3 is 21.1 Å². The van der Waals surface area contributed by atoms with Crippen LogP contribution in [0.5, 0.6) is 5.75 Å². The molecule has 0 saturated carbocycles. The van der Waals surface area contributed by atoms with Crippen molar-refractivity contribution in [1.29, 1.82) is 0 Å². The van der Waals surface area contributed by atoms with Gasteiger partial charge in [-0.15, -0.1) is 0 Å². The highest BCUT2D eigenvalue weighted by atomic mass is 16.5. The lowest BCUT2D eigenvalue weighted by Gasteiger charge is -2.15. The van der Waals surface area contributed by atoms with Crippen LogP contribution in [-0.4, -0.2) is 16.6 Å². The number of nitrogens with one attached hydrogen (secondary N) is 2. The van der Waals surface area contributed by atoms with Crippen LogP contribution in [0.1, 0.15) is 30.9 Å². The Bertz CT molecular complexity index is 925. The average molecular weight is 377 g/mol. The number of anilines is 5. The van der Waals surface area contributed by atoms with E-state index in [1.165, 1.54) is 11.9 Å². The predicted octanol–water partition coefficient (Wildman–Crippen LogP) is 5.34. The van der Waals surface area contributed by atoms with E-state index in [1.807, 2.05) is 36.4 Å². The van der Waals surface area contributed by atoms with Gasteiger partial charge in [0.1, 0.15) is 17.8 Å². The third-order valence-corrected chi connectivity index (χ3v) is 4.63. The Morgan fingerprint density at radius 3 is 2.39 bits per heavy atom. The number of ether oxygens (including phenoxy) is 1. The van der Waals surface area contributed by atoms with Crippen molar-refractivity contribution in [2.45, 2.75) is 33.6 Å². The molecule has 6 heteroatoms. The molecule has 6 nitrogen and oxygen atoms in total. The van der Waals surface area contributed by atoms with Crippen molar-refractivity contribution in [1.82, 2.24) is 9.97 Å². The Labute approximate surface area is 166 Å². The summed E-state index contributed by atoms with van der Waals surface area (Å²) in [7, 11) is 0. The van der Waals surface area contributed by atoms with Crippen LogP contribution in [0.4, 0.5) is 28.7 Å². The van der Waals surface area contributed by atoms with Crippen molar-refractivity contribution < 1.29 is 4.74 Å². The van der Waals surface area contributed by atoms with Gasteiger partial charge in [0.2, 0.25) is 0 Å². The smallest absolute Gasteiger partial charge is 0.159 e. The van der Waals surface area contributed by atoms with E-state index in [1.54, 1.807) is 0 Å². The van der Waals surface area contributed by atoms with Gasteiger partial charge >= 0.3 is 0 Å². The number of unbranched alkanes of at least 4 members (excludes halogenated alkanes) is 1. The molecule has 0 saturated heterocycles. The maximum absolute atomic E-state index is 6.30. The minimum Gasteiger partial charge on any atom is -0.494 e. The van der Waals surface area contributed by atoms with Crippen LogP contribution in [-0.2, 0) is 0 Å². The number of nitrogens with zero attached hydrogens (tertiary/aromatic N) is 2. The molecular weight excluding hydrogens is 350 g/mol. The molecule has 0 fully saturated rings. The fourth-order valence-corrected chi connectivity index (χ4v) is 2.71. The summed E-state index contributed by atoms with van der Waals surface area (Å²) in [6.07, 6.45) is 3.66. The van der Waals surface area contributed by atoms with Gasteiger partial charge in [0.05, 0.1) is 6.61 Å². The van der Waals surface area contributed by atoms with Crippen LogP contribution in [0.15, 0.2) is 48.8 Å². The van der Waals surface area contributed by atoms with Crippen molar-refractivity contribution in [3.05, 3.63) is 59.9 Å². The van der Waals surface area contributed by atoms with Crippen LogP contribution in [0, 0.1) is 13.8 Å². The zero-order chi connectivity index (χ0) is 19.9. The highest BCUT2D eigenvalue weighted by molar-refractivity contribution is 5.80. The second kappa shape index (κ2) is 9.08. The number of aromatic nitrogens is 2. The minimum absolute atomic E-state index is 0.465. The summed E-state index contributed by atoms with van der Waals surface area (Å²) in [5.74, 6) is 1.99. The van der Waals surface area contributed by atoms with Gasteiger partial charge in [-0.25, -0.2) is 9.97 Å². The van der Waals surface area contributed by atoms with E-state index >= 15 is 0 Å². The van der Waals surface area contributed by atoms with Crippen molar-refractivity contribution in [2.75, 3.05) is 23.0 Å². The number of hydrogen-bond acceptors (Lipinski definition) is 6. The van der Waals surface area contributed by atoms with Gasteiger partial charge in [0, 0.05) is 11.4 Å². The highest BCUT2D eigenvalue weighted by Gasteiger charge is 2.10. The maximum Gasteiger partial charge on any atom is 0.159 e. The zero-order valence-corrected chi connectivity index (χ0v) is 16.6. The topological polar surface area (TPSA) is 85.1 Å². The van der Waals surface area contributed by atoms with Gasteiger partial charge in [0.25, 0.3) is 0 Å². The van der Waals surface area contributed by atoms with E-state index in [4.69, 9.17) is 10.5 Å². The first kappa shape index (κ1) is 19.5. The van der Waals surface area contributed by atoms with Gasteiger partial charge in [-0.1, -0.05) is 25.5 Å². The normalized spacial score (nSPS) is 10.5. The molecule has 0 aliphatic heterocycles. The summed E-state index contributed by atoms with van der Waals surface area (Å²) in [5, 5.41) is 6.56. The van der Waals surface area contributed by atoms with E-state index in [0.29, 0.717) is 17.3 Å². The molecule has 1 heterocycles. The fraction of sp³-hybridized carbons (Fsp3) is 0.273. The van der Waals surface area contributed by atoms with Gasteiger partial charge in [-0.2, -0.15) is 0 Å². The molecule has 0 amide bonds. The first-order chi connectivity index (χ1) is 13.6. The van der Waals surface area contributed by atoms with Crippen LogP contribution in [0.2, 0.25) is 0 Å². The molecule has 0 aliphatic carbocycles. The molecule has 1 aromatic heterocycles. The highest BCUT2D eigenvalue weighted by Crippen LogP contribution is 2.30. The molecule has 146 valence electrons. The molecule has 0 aliphatic rings. The molecule has 3 aromatic rings. The van der Waals surface area contributed by atoms with Crippen molar-refractivity contribution in [3.8, 4) is 5.75 Å². The second-order valence-corrected chi connectivity index (χ2v) is 6.71. The lowest BCUT2D eigenvalue weighted by atomic mass is 10.1. The predicted molar refractivity (Wildman–Crippen MR) is 116 cm³/mol. The standard InChI is InChI=1S/C22H27N5O/c1-4-5-13-28-18-11-9-17(10-12-18)26-21-20(23)22(25-14-24-21)27-19-8-6-7-15(2)16(19)3/h6-12,14H,4-5,13,23H2,1-3H3,(H2,24,25,26,27). The average Bonchev–Trinajstić information content (AvgIpc) is 2.70. The molecule has 0 unspecified atom stereocenters. The molecule has 0 atom stereocenters. The largest absolute Gasteiger partial charge is 0.494 e. The van der Waals surface area contributed by atoms with E-state index in [9.17, 15) is 0 Å². The zero-order valence-electron chi connectivity index (χ0n) is 16.6. The maximum atomic E-state index is 6.30. The Morgan fingerprint density at radius 1 is 0.964 bits per heavy atom.